The first-order valence-electron chi connectivity index (χ1n) is 13.1. The van der Waals surface area contributed by atoms with Crippen LogP contribution in [0.4, 0.5) is 0 Å². The molecule has 0 rings (SSSR count). The fourth-order valence-electron chi connectivity index (χ4n) is 3.93. The fourth-order valence-corrected chi connectivity index (χ4v) is 3.93. The van der Waals surface area contributed by atoms with Crippen molar-refractivity contribution in [3.63, 3.8) is 0 Å². The van der Waals surface area contributed by atoms with Crippen LogP contribution in [0.15, 0.2) is 0 Å². The molecule has 0 aromatic carbocycles. The molecule has 0 aliphatic rings. The van der Waals surface area contributed by atoms with Crippen molar-refractivity contribution in [1.29, 1.82) is 0 Å². The number of nitrogens with one attached hydrogen (secondary N) is 1. The molecule has 0 spiro atoms. The second-order valence-electron chi connectivity index (χ2n) is 8.82. The molecule has 0 aromatic heterocycles. The molecule has 0 saturated carbocycles. The predicted octanol–water partition coefficient (Wildman–Crippen LogP) is 9.62. The number of halogens is 1. The Morgan fingerprint density at radius 3 is 0.893 bits per heavy atom. The standard InChI is InChI=1S/C26H55N.ClH/c1-3-5-7-8-9-10-11-12-13-14-15-16-17-18-19-20-21-22-23-24-26-27-25-6-4-2;/h27H,3-26H2,1-2H3;1H. The summed E-state index contributed by atoms with van der Waals surface area (Å²) < 4.78 is 0. The van der Waals surface area contributed by atoms with Gasteiger partial charge in [0.1, 0.15) is 0 Å². The van der Waals surface area contributed by atoms with E-state index in [2.05, 4.69) is 19.2 Å². The third-order valence-corrected chi connectivity index (χ3v) is 5.91. The Balaban J connectivity index is 0. The molecule has 1 nitrogen and oxygen atoms in total. The van der Waals surface area contributed by atoms with Gasteiger partial charge in [0.05, 0.1) is 0 Å². The van der Waals surface area contributed by atoms with Crippen LogP contribution in [0.25, 0.3) is 0 Å². The number of rotatable bonds is 24. The maximum Gasteiger partial charge on any atom is -0.00489 e. The second kappa shape index (κ2) is 29.5. The summed E-state index contributed by atoms with van der Waals surface area (Å²) in [5, 5.41) is 3.55. The zero-order valence-electron chi connectivity index (χ0n) is 19.9. The lowest BCUT2D eigenvalue weighted by Crippen LogP contribution is -2.16. The fraction of sp³-hybridized carbons (Fsp3) is 1.00. The van der Waals surface area contributed by atoms with E-state index in [1.165, 1.54) is 154 Å². The first kappa shape index (κ1) is 30.4. The van der Waals surface area contributed by atoms with Crippen molar-refractivity contribution < 1.29 is 0 Å². The van der Waals surface area contributed by atoms with Crippen LogP contribution in [-0.4, -0.2) is 13.1 Å². The van der Waals surface area contributed by atoms with Crippen molar-refractivity contribution in [3.05, 3.63) is 0 Å². The van der Waals surface area contributed by atoms with E-state index >= 15 is 0 Å². The molecule has 0 aliphatic heterocycles. The summed E-state index contributed by atoms with van der Waals surface area (Å²) in [4.78, 5) is 0. The Labute approximate surface area is 186 Å². The zero-order chi connectivity index (χ0) is 19.7. The highest BCUT2D eigenvalue weighted by molar-refractivity contribution is 5.85. The van der Waals surface area contributed by atoms with Crippen LogP contribution in [0.3, 0.4) is 0 Å². The summed E-state index contributed by atoms with van der Waals surface area (Å²) in [6.07, 6.45) is 31.9. The van der Waals surface area contributed by atoms with Gasteiger partial charge >= 0.3 is 0 Å². The predicted molar refractivity (Wildman–Crippen MR) is 133 cm³/mol. The molecule has 0 radical (unpaired) electrons. The van der Waals surface area contributed by atoms with Crippen LogP contribution < -0.4 is 5.32 Å². The van der Waals surface area contributed by atoms with Gasteiger partial charge in [-0.25, -0.2) is 0 Å². The molecule has 2 heteroatoms. The Morgan fingerprint density at radius 2 is 0.571 bits per heavy atom. The van der Waals surface area contributed by atoms with Gasteiger partial charge in [-0.05, 0) is 25.9 Å². The average Bonchev–Trinajstić information content (AvgIpc) is 2.68. The van der Waals surface area contributed by atoms with E-state index in [0.717, 1.165) is 0 Å². The molecule has 0 heterocycles. The molecular formula is C26H56ClN. The van der Waals surface area contributed by atoms with Gasteiger partial charge < -0.3 is 5.32 Å². The normalized spacial score (nSPS) is 10.9. The Morgan fingerprint density at radius 1 is 0.321 bits per heavy atom. The SMILES string of the molecule is CCCCCCCCCCCCCCCCCCCCCCNCCCC.Cl. The first-order valence-corrected chi connectivity index (χ1v) is 13.1. The Bertz CT molecular complexity index is 221. The molecule has 1 N–H and O–H groups in total. The van der Waals surface area contributed by atoms with E-state index in [4.69, 9.17) is 0 Å². The highest BCUT2D eigenvalue weighted by atomic mass is 35.5. The number of hydrogen-bond donors (Lipinski definition) is 1. The van der Waals surface area contributed by atoms with Crippen molar-refractivity contribution in [2.75, 3.05) is 13.1 Å². The summed E-state index contributed by atoms with van der Waals surface area (Å²) >= 11 is 0. The summed E-state index contributed by atoms with van der Waals surface area (Å²) in [5.41, 5.74) is 0. The van der Waals surface area contributed by atoms with Crippen molar-refractivity contribution in [1.82, 2.24) is 5.32 Å². The molecule has 28 heavy (non-hydrogen) atoms. The van der Waals surface area contributed by atoms with Gasteiger partial charge in [-0.1, -0.05) is 142 Å². The molecule has 0 aromatic rings. The van der Waals surface area contributed by atoms with Crippen LogP contribution in [0.2, 0.25) is 0 Å². The molecule has 0 bridgehead atoms. The van der Waals surface area contributed by atoms with E-state index in [9.17, 15) is 0 Å². The summed E-state index contributed by atoms with van der Waals surface area (Å²) in [7, 11) is 0. The van der Waals surface area contributed by atoms with E-state index in [0.29, 0.717) is 0 Å². The van der Waals surface area contributed by atoms with Crippen LogP contribution in [0.1, 0.15) is 155 Å². The van der Waals surface area contributed by atoms with Crippen molar-refractivity contribution in [2.24, 2.45) is 0 Å². The molecule has 0 saturated heterocycles. The van der Waals surface area contributed by atoms with E-state index < -0.39 is 0 Å². The average molecular weight is 418 g/mol. The van der Waals surface area contributed by atoms with E-state index in [1.54, 1.807) is 0 Å². The summed E-state index contributed by atoms with van der Waals surface area (Å²) in [6, 6.07) is 0. The molecule has 0 amide bonds. The van der Waals surface area contributed by atoms with Gasteiger partial charge in [0.25, 0.3) is 0 Å². The van der Waals surface area contributed by atoms with Gasteiger partial charge in [-0.15, -0.1) is 12.4 Å². The summed E-state index contributed by atoms with van der Waals surface area (Å²) in [5.74, 6) is 0. The largest absolute Gasteiger partial charge is 0.317 e. The molecule has 172 valence electrons. The third kappa shape index (κ3) is 28.5. The minimum Gasteiger partial charge on any atom is -0.317 e. The molecule has 0 aliphatic carbocycles. The maximum absolute atomic E-state index is 3.55. The Hall–Kier alpha value is 0.250. The molecule has 0 atom stereocenters. The topological polar surface area (TPSA) is 12.0 Å². The second-order valence-corrected chi connectivity index (χ2v) is 8.82. The van der Waals surface area contributed by atoms with Crippen molar-refractivity contribution >= 4 is 12.4 Å². The Kier molecular flexibility index (Phi) is 32.0. The third-order valence-electron chi connectivity index (χ3n) is 5.91. The lowest BCUT2D eigenvalue weighted by molar-refractivity contribution is 0.518. The highest BCUT2D eigenvalue weighted by Gasteiger charge is 1.95. The van der Waals surface area contributed by atoms with Gasteiger partial charge in [-0.3, -0.25) is 0 Å². The van der Waals surface area contributed by atoms with Gasteiger partial charge in [0, 0.05) is 0 Å². The maximum atomic E-state index is 3.55. The summed E-state index contributed by atoms with van der Waals surface area (Å²) in [6.45, 7) is 7.02. The quantitative estimate of drug-likeness (QED) is 0.154. The smallest absolute Gasteiger partial charge is 0.00489 e. The van der Waals surface area contributed by atoms with E-state index in [1.807, 2.05) is 0 Å². The van der Waals surface area contributed by atoms with Gasteiger partial charge in [0.2, 0.25) is 0 Å². The van der Waals surface area contributed by atoms with Crippen molar-refractivity contribution in [3.8, 4) is 0 Å². The monoisotopic (exact) mass is 417 g/mol. The van der Waals surface area contributed by atoms with Crippen LogP contribution in [0, 0.1) is 0 Å². The van der Waals surface area contributed by atoms with Gasteiger partial charge in [0.15, 0.2) is 0 Å². The van der Waals surface area contributed by atoms with Crippen LogP contribution >= 0.6 is 12.4 Å². The van der Waals surface area contributed by atoms with E-state index in [-0.39, 0.29) is 12.4 Å². The van der Waals surface area contributed by atoms with Crippen molar-refractivity contribution in [2.45, 2.75) is 155 Å². The van der Waals surface area contributed by atoms with Gasteiger partial charge in [-0.2, -0.15) is 0 Å². The first-order chi connectivity index (χ1) is 13.4. The number of unbranched alkanes of at least 4 members (excludes halogenated alkanes) is 20. The minimum atomic E-state index is 0. The lowest BCUT2D eigenvalue weighted by atomic mass is 10.0. The minimum absolute atomic E-state index is 0. The molecule has 0 fully saturated rings. The lowest BCUT2D eigenvalue weighted by Gasteiger charge is -2.05. The highest BCUT2D eigenvalue weighted by Crippen LogP contribution is 2.14. The molecular weight excluding hydrogens is 362 g/mol. The number of hydrogen-bond acceptors (Lipinski definition) is 1. The zero-order valence-corrected chi connectivity index (χ0v) is 20.7. The van der Waals surface area contributed by atoms with Crippen LogP contribution in [-0.2, 0) is 0 Å². The van der Waals surface area contributed by atoms with Crippen LogP contribution in [0.5, 0.6) is 0 Å². The molecule has 0 unspecified atom stereocenters.